The highest BCUT2D eigenvalue weighted by molar-refractivity contribution is 5.92. The van der Waals surface area contributed by atoms with Crippen molar-refractivity contribution < 1.29 is 94.2 Å². The van der Waals surface area contributed by atoms with Crippen LogP contribution in [0.25, 0.3) is 22.3 Å². The van der Waals surface area contributed by atoms with Crippen molar-refractivity contribution >= 4 is 22.9 Å². The first-order chi connectivity index (χ1) is 25.9. The molecule has 1 aliphatic rings. The van der Waals surface area contributed by atoms with Crippen molar-refractivity contribution in [3.63, 3.8) is 0 Å². The third-order valence-corrected chi connectivity index (χ3v) is 8.26. The number of aliphatic hydroxyl groups is 2. The minimum atomic E-state index is -2.26. The van der Waals surface area contributed by atoms with Gasteiger partial charge in [0.25, 0.3) is 0 Å². The summed E-state index contributed by atoms with van der Waals surface area (Å²) in [6.45, 7) is -0.963. The number of hydrogen-bond donors (Lipinski definition) is 12. The van der Waals surface area contributed by atoms with Gasteiger partial charge in [0.05, 0.1) is 11.1 Å². The number of rotatable bonds is 8. The fraction of sp³-hybridized carbons (Fsp3) is 0.171. The number of phenols is 10. The van der Waals surface area contributed by atoms with Crippen LogP contribution in [0.4, 0.5) is 0 Å². The average Bonchev–Trinajstić information content (AvgIpc) is 3.12. The summed E-state index contributed by atoms with van der Waals surface area (Å²) in [6, 6.07) is 7.67. The highest BCUT2D eigenvalue weighted by Gasteiger charge is 2.49. The number of esters is 2. The third kappa shape index (κ3) is 7.10. The molecule has 0 amide bonds. The molecule has 0 bridgehead atoms. The van der Waals surface area contributed by atoms with Crippen molar-refractivity contribution in [3.05, 3.63) is 75.9 Å². The summed E-state index contributed by atoms with van der Waals surface area (Å²) >= 11 is 0. The Morgan fingerprint density at radius 1 is 0.655 bits per heavy atom. The van der Waals surface area contributed by atoms with Crippen molar-refractivity contribution in [1.82, 2.24) is 0 Å². The highest BCUT2D eigenvalue weighted by atomic mass is 16.7. The second-order valence-corrected chi connectivity index (χ2v) is 12.0. The molecule has 1 fully saturated rings. The van der Waals surface area contributed by atoms with Gasteiger partial charge in [-0.05, 0) is 42.5 Å². The van der Waals surface area contributed by atoms with Gasteiger partial charge >= 0.3 is 11.9 Å². The molecule has 0 aliphatic carbocycles. The molecule has 1 saturated heterocycles. The largest absolute Gasteiger partial charge is 0.508 e. The monoisotopic (exact) mass is 768 g/mol. The van der Waals surface area contributed by atoms with Gasteiger partial charge in [0.1, 0.15) is 41.3 Å². The lowest BCUT2D eigenvalue weighted by atomic mass is 9.98. The van der Waals surface area contributed by atoms with Crippen LogP contribution in [-0.2, 0) is 14.2 Å². The first-order valence-electron chi connectivity index (χ1n) is 15.6. The molecule has 5 aromatic rings. The zero-order valence-corrected chi connectivity index (χ0v) is 27.4. The number of carbonyl (C=O) groups excluding carboxylic acids is 2. The van der Waals surface area contributed by atoms with Crippen molar-refractivity contribution in [2.24, 2.45) is 0 Å². The number of ether oxygens (including phenoxy) is 4. The Morgan fingerprint density at radius 2 is 1.24 bits per heavy atom. The molecule has 288 valence electrons. The van der Waals surface area contributed by atoms with Crippen LogP contribution in [0, 0.1) is 0 Å². The molecule has 1 aromatic heterocycles. The van der Waals surface area contributed by atoms with E-state index in [1.165, 1.54) is 0 Å². The summed E-state index contributed by atoms with van der Waals surface area (Å²) in [4.78, 5) is 39.9. The van der Waals surface area contributed by atoms with Gasteiger partial charge in [-0.25, -0.2) is 9.59 Å². The van der Waals surface area contributed by atoms with E-state index in [1.807, 2.05) is 0 Å². The number of aliphatic hydroxyl groups excluding tert-OH is 2. The summed E-state index contributed by atoms with van der Waals surface area (Å²) in [5.41, 5.74) is -2.82. The molecule has 55 heavy (non-hydrogen) atoms. The van der Waals surface area contributed by atoms with E-state index < -0.39 is 146 Å². The number of carbonyl (C=O) groups is 2. The molecule has 0 radical (unpaired) electrons. The Hall–Kier alpha value is -7.29. The quantitative estimate of drug-likeness (QED) is 0.0784. The highest BCUT2D eigenvalue weighted by Crippen LogP contribution is 2.41. The Labute approximate surface area is 304 Å². The lowest BCUT2D eigenvalue weighted by Crippen LogP contribution is -2.61. The van der Waals surface area contributed by atoms with Gasteiger partial charge in [-0.1, -0.05) is 0 Å². The van der Waals surface area contributed by atoms with Crippen LogP contribution in [0.1, 0.15) is 20.7 Å². The van der Waals surface area contributed by atoms with Gasteiger partial charge in [-0.2, -0.15) is 0 Å². The van der Waals surface area contributed by atoms with Crippen LogP contribution in [0.5, 0.6) is 63.2 Å². The van der Waals surface area contributed by atoms with Crippen molar-refractivity contribution in [1.29, 1.82) is 0 Å². The smallest absolute Gasteiger partial charge is 0.338 e. The van der Waals surface area contributed by atoms with E-state index in [9.17, 15) is 75.7 Å². The summed E-state index contributed by atoms with van der Waals surface area (Å²) < 4.78 is 27.7. The maximum Gasteiger partial charge on any atom is 0.338 e. The fourth-order valence-electron chi connectivity index (χ4n) is 5.50. The zero-order chi connectivity index (χ0) is 40.0. The maximum absolute atomic E-state index is 13.9. The first-order valence-corrected chi connectivity index (χ1v) is 15.6. The van der Waals surface area contributed by atoms with E-state index in [-0.39, 0.29) is 5.56 Å². The molecule has 0 saturated carbocycles. The van der Waals surface area contributed by atoms with Crippen LogP contribution in [0.2, 0.25) is 0 Å². The third-order valence-electron chi connectivity index (χ3n) is 8.26. The molecule has 6 rings (SSSR count). The van der Waals surface area contributed by atoms with E-state index >= 15 is 0 Å². The van der Waals surface area contributed by atoms with Crippen LogP contribution >= 0.6 is 0 Å². The van der Waals surface area contributed by atoms with Gasteiger partial charge in [0.15, 0.2) is 64.0 Å². The molecule has 20 nitrogen and oxygen atoms in total. The summed E-state index contributed by atoms with van der Waals surface area (Å²) in [5.74, 6) is -12.3. The Bertz CT molecular complexity index is 2360. The molecule has 2 heterocycles. The van der Waals surface area contributed by atoms with E-state index in [2.05, 4.69) is 0 Å². The van der Waals surface area contributed by atoms with Crippen molar-refractivity contribution in [2.45, 2.75) is 30.7 Å². The maximum atomic E-state index is 13.9. The predicted molar refractivity (Wildman–Crippen MR) is 178 cm³/mol. The van der Waals surface area contributed by atoms with E-state index in [1.54, 1.807) is 0 Å². The molecular weight excluding hydrogens is 740 g/mol. The first kappa shape index (κ1) is 37.5. The van der Waals surface area contributed by atoms with Gasteiger partial charge in [-0.15, -0.1) is 0 Å². The number of phenolic OH excluding ortho intramolecular Hbond substituents is 10. The molecule has 0 spiro atoms. The van der Waals surface area contributed by atoms with Gasteiger partial charge < -0.3 is 84.6 Å². The zero-order valence-electron chi connectivity index (χ0n) is 27.4. The Kier molecular flexibility index (Phi) is 9.72. The van der Waals surface area contributed by atoms with Crippen LogP contribution in [0.15, 0.2) is 63.8 Å². The van der Waals surface area contributed by atoms with Crippen molar-refractivity contribution in [3.8, 4) is 74.6 Å². The molecule has 0 unspecified atom stereocenters. The Morgan fingerprint density at radius 3 is 1.82 bits per heavy atom. The van der Waals surface area contributed by atoms with Crippen LogP contribution < -0.4 is 10.2 Å². The molecule has 20 heteroatoms. The van der Waals surface area contributed by atoms with E-state index in [4.69, 9.17) is 23.4 Å². The normalized spacial score (nSPS) is 19.5. The van der Waals surface area contributed by atoms with Gasteiger partial charge in [0.2, 0.25) is 17.5 Å². The van der Waals surface area contributed by atoms with Gasteiger partial charge in [0, 0.05) is 17.7 Å². The topological polar surface area (TPSA) is 344 Å². The number of hydrogen-bond acceptors (Lipinski definition) is 20. The summed E-state index contributed by atoms with van der Waals surface area (Å²) in [5, 5.41) is 121. The SMILES string of the molecule is O=C(OC[C@H]1O[C@@H](Oc2c(-c3ccc(O)c(O)c3)oc3cc(O)cc(O)c3c2=O)[C@H](O)[C@@H](OC(=O)c2cc(O)c(O)c(O)c2)[C@@H]1O)c1cc(O)c(O)c(O)c1. The summed E-state index contributed by atoms with van der Waals surface area (Å²) in [7, 11) is 0. The number of aromatic hydroxyl groups is 10. The second-order valence-electron chi connectivity index (χ2n) is 12.0. The second kappa shape index (κ2) is 14.3. The fourth-order valence-corrected chi connectivity index (χ4v) is 5.50. The van der Waals surface area contributed by atoms with Crippen molar-refractivity contribution in [2.75, 3.05) is 6.61 Å². The molecule has 4 aromatic carbocycles. The predicted octanol–water partition coefficient (Wildman–Crippen LogP) is 1.42. The standard InChI is InChI=1S/C35H28O20/c36-14-8-17(39)24-22(9-14)52-30(11-1-2-15(37)16(38)3-11)32(28(24)47)55-35-29(48)31(54-34(50)13-6-20(42)26(45)21(43)7-13)27(46)23(53-35)10-51-33(49)12-4-18(40)25(44)19(41)5-12/h1-9,23,27,29,31,35-46,48H,10H2/t23-,27-,29-,31+,35+/m1/s1. The van der Waals surface area contributed by atoms with Crippen LogP contribution in [-0.4, -0.2) is 111 Å². The minimum Gasteiger partial charge on any atom is -0.508 e. The van der Waals surface area contributed by atoms with Gasteiger partial charge in [-0.3, -0.25) is 4.79 Å². The number of benzene rings is 4. The average molecular weight is 769 g/mol. The molecular formula is C35H28O20. The van der Waals surface area contributed by atoms with Crippen LogP contribution in [0.3, 0.4) is 0 Å². The lowest BCUT2D eigenvalue weighted by Gasteiger charge is -2.41. The molecule has 5 atom stereocenters. The molecule has 12 N–H and O–H groups in total. The van der Waals surface area contributed by atoms with E-state index in [0.29, 0.717) is 12.1 Å². The minimum absolute atomic E-state index is 0.154. The lowest BCUT2D eigenvalue weighted by molar-refractivity contribution is -0.276. The Balaban J connectivity index is 1.40. The van der Waals surface area contributed by atoms with E-state index in [0.717, 1.165) is 42.5 Å². The molecule has 1 aliphatic heterocycles. The summed E-state index contributed by atoms with van der Waals surface area (Å²) in [6.07, 6.45) is -10.5. The number of fused-ring (bicyclic) bond motifs is 1.